The van der Waals surface area contributed by atoms with Gasteiger partial charge < -0.3 is 9.84 Å². The summed E-state index contributed by atoms with van der Waals surface area (Å²) in [5.41, 5.74) is 1.57. The molecular weight excluding hydrogens is 450 g/mol. The van der Waals surface area contributed by atoms with Crippen LogP contribution in [0.25, 0.3) is 11.0 Å². The molecule has 0 radical (unpaired) electrons. The van der Waals surface area contributed by atoms with Gasteiger partial charge >= 0.3 is 0 Å². The minimum absolute atomic E-state index is 0.0646. The van der Waals surface area contributed by atoms with Gasteiger partial charge in [-0.2, -0.15) is 0 Å². The molecule has 0 aliphatic heterocycles. The largest absolute Gasteiger partial charge is 0.497 e. The average molecular weight is 494 g/mol. The Bertz CT molecular complexity index is 1170. The topological polar surface area (TPSA) is 77.2 Å². The van der Waals surface area contributed by atoms with Crippen LogP contribution in [0.3, 0.4) is 0 Å². The maximum Gasteiger partial charge on any atom is 0.158 e. The number of rotatable bonds is 4. The second-order valence-electron chi connectivity index (χ2n) is 13.7. The minimum atomic E-state index is -0.491. The Morgan fingerprint density at radius 2 is 1.92 bits per heavy atom. The number of aliphatic hydroxyl groups is 1. The minimum Gasteiger partial charge on any atom is -0.497 e. The Kier molecular flexibility index (Phi) is 5.61. The molecule has 2 aromatic rings. The molecule has 4 fully saturated rings. The number of aromatic nitrogens is 3. The van der Waals surface area contributed by atoms with Crippen molar-refractivity contribution >= 4 is 16.8 Å². The first-order valence-electron chi connectivity index (χ1n) is 14.2. The van der Waals surface area contributed by atoms with Crippen LogP contribution < -0.4 is 4.74 Å². The van der Waals surface area contributed by atoms with E-state index in [0.717, 1.165) is 48.4 Å². The molecule has 1 heterocycles. The van der Waals surface area contributed by atoms with E-state index in [-0.39, 0.29) is 17.9 Å². The van der Waals surface area contributed by atoms with Gasteiger partial charge in [-0.15, -0.1) is 5.10 Å². The molecule has 9 atom stereocenters. The third-order valence-corrected chi connectivity index (χ3v) is 11.7. The zero-order valence-electron chi connectivity index (χ0n) is 22.7. The molecule has 1 aromatic heterocycles. The first kappa shape index (κ1) is 24.4. The highest BCUT2D eigenvalue weighted by Gasteiger charge is 2.63. The lowest BCUT2D eigenvalue weighted by Crippen LogP contribution is -2.55. The van der Waals surface area contributed by atoms with Crippen LogP contribution in [0.2, 0.25) is 0 Å². The Balaban J connectivity index is 1.25. The Morgan fingerprint density at radius 1 is 1.11 bits per heavy atom. The number of benzene rings is 1. The smallest absolute Gasteiger partial charge is 0.158 e. The van der Waals surface area contributed by atoms with E-state index in [1.807, 2.05) is 25.1 Å². The van der Waals surface area contributed by atoms with Gasteiger partial charge in [0.05, 0.1) is 18.2 Å². The van der Waals surface area contributed by atoms with Gasteiger partial charge in [-0.05, 0) is 111 Å². The number of Topliss-reactive ketones (excluding diaryl/α,β-unsaturated/α-hetero) is 1. The summed E-state index contributed by atoms with van der Waals surface area (Å²) in [6.45, 7) is 9.61. The molecule has 1 aromatic carbocycles. The monoisotopic (exact) mass is 493 g/mol. The normalized spacial score (nSPS) is 44.1. The summed E-state index contributed by atoms with van der Waals surface area (Å²) in [6, 6.07) is 5.71. The van der Waals surface area contributed by atoms with E-state index in [1.165, 1.54) is 25.7 Å². The van der Waals surface area contributed by atoms with E-state index in [4.69, 9.17) is 4.74 Å². The third kappa shape index (κ3) is 3.57. The quantitative estimate of drug-likeness (QED) is 0.594. The van der Waals surface area contributed by atoms with E-state index in [2.05, 4.69) is 31.1 Å². The van der Waals surface area contributed by atoms with E-state index in [0.29, 0.717) is 34.9 Å². The predicted octanol–water partition coefficient (Wildman–Crippen LogP) is 5.66. The van der Waals surface area contributed by atoms with Crippen molar-refractivity contribution in [1.29, 1.82) is 0 Å². The maximum absolute atomic E-state index is 14.0. The van der Waals surface area contributed by atoms with Crippen LogP contribution in [0.5, 0.6) is 5.75 Å². The molecule has 0 spiro atoms. The van der Waals surface area contributed by atoms with Crippen LogP contribution in [0, 0.1) is 46.3 Å². The average Bonchev–Trinajstić information content (AvgIpc) is 3.35. The highest BCUT2D eigenvalue weighted by Crippen LogP contribution is 2.69. The SMILES string of the molecule is COc1ccc2nnn(CC(=O)[C@H]3[C@H](C)C[C@H]4[C@@H]5CC[C@H]6C[C@](C)(O)CC[C@]6(C)[C@H]5CC[C@@]43C)c2c1. The van der Waals surface area contributed by atoms with E-state index < -0.39 is 5.60 Å². The molecule has 4 saturated carbocycles. The predicted molar refractivity (Wildman–Crippen MR) is 139 cm³/mol. The van der Waals surface area contributed by atoms with Crippen molar-refractivity contribution in [3.8, 4) is 5.75 Å². The molecule has 4 aliphatic carbocycles. The van der Waals surface area contributed by atoms with Gasteiger partial charge in [-0.25, -0.2) is 4.68 Å². The number of ether oxygens (including phenoxy) is 1. The molecule has 0 amide bonds. The van der Waals surface area contributed by atoms with Crippen molar-refractivity contribution in [3.05, 3.63) is 18.2 Å². The van der Waals surface area contributed by atoms with Gasteiger partial charge in [0.15, 0.2) is 5.78 Å². The number of fused-ring (bicyclic) bond motifs is 6. The van der Waals surface area contributed by atoms with Gasteiger partial charge in [0, 0.05) is 12.0 Å². The van der Waals surface area contributed by atoms with Crippen molar-refractivity contribution in [2.45, 2.75) is 91.2 Å². The van der Waals surface area contributed by atoms with Crippen molar-refractivity contribution in [1.82, 2.24) is 15.0 Å². The lowest BCUT2D eigenvalue weighted by molar-refractivity contribution is -0.151. The lowest BCUT2D eigenvalue weighted by atomic mass is 9.44. The van der Waals surface area contributed by atoms with Crippen LogP contribution in [-0.2, 0) is 11.3 Å². The first-order valence-corrected chi connectivity index (χ1v) is 14.2. The zero-order chi connectivity index (χ0) is 25.5. The number of carbonyl (C=O) groups excluding carboxylic acids is 1. The summed E-state index contributed by atoms with van der Waals surface area (Å²) in [5, 5.41) is 19.4. The van der Waals surface area contributed by atoms with Crippen LogP contribution in [-0.4, -0.2) is 38.6 Å². The molecule has 1 N–H and O–H groups in total. The van der Waals surface area contributed by atoms with E-state index in [1.54, 1.807) is 11.8 Å². The maximum atomic E-state index is 14.0. The summed E-state index contributed by atoms with van der Waals surface area (Å²) >= 11 is 0. The van der Waals surface area contributed by atoms with E-state index >= 15 is 0 Å². The fourth-order valence-electron chi connectivity index (χ4n) is 9.92. The molecule has 4 aliphatic rings. The van der Waals surface area contributed by atoms with Gasteiger partial charge in [-0.3, -0.25) is 4.79 Å². The summed E-state index contributed by atoms with van der Waals surface area (Å²) in [7, 11) is 1.65. The molecule has 6 rings (SSSR count). The fourth-order valence-corrected chi connectivity index (χ4v) is 9.92. The van der Waals surface area contributed by atoms with Gasteiger partial charge in [0.2, 0.25) is 0 Å². The molecule has 196 valence electrons. The Hall–Kier alpha value is -1.95. The zero-order valence-corrected chi connectivity index (χ0v) is 22.7. The van der Waals surface area contributed by atoms with Crippen molar-refractivity contribution in [2.75, 3.05) is 7.11 Å². The third-order valence-electron chi connectivity index (χ3n) is 11.7. The molecular formula is C30H43N3O3. The molecule has 0 unspecified atom stereocenters. The standard InChI is InChI=1S/C30H43N3O3/c1-18-14-23-21-8-6-19-16-28(2,35)12-13-29(19,3)22(21)10-11-30(23,4)27(18)26(34)17-33-25-15-20(36-5)7-9-24(25)31-32-33/h7,9,15,18-19,21-23,27,35H,6,8,10-14,16-17H2,1-5H3/t18-,19+,21-,22+,23+,27-,28-,29+,30+/m1/s1. The number of carbonyl (C=O) groups is 1. The number of hydrogen-bond acceptors (Lipinski definition) is 5. The van der Waals surface area contributed by atoms with Crippen LogP contribution in [0.4, 0.5) is 0 Å². The lowest BCUT2D eigenvalue weighted by Gasteiger charge is -2.61. The second kappa shape index (κ2) is 8.28. The van der Waals surface area contributed by atoms with Crippen molar-refractivity contribution < 1.29 is 14.6 Å². The number of nitrogens with zero attached hydrogens (tertiary/aromatic N) is 3. The van der Waals surface area contributed by atoms with Crippen LogP contribution in [0.15, 0.2) is 18.2 Å². The molecule has 0 bridgehead atoms. The van der Waals surface area contributed by atoms with Gasteiger partial charge in [-0.1, -0.05) is 26.0 Å². The van der Waals surface area contributed by atoms with Crippen LogP contribution in [0.1, 0.15) is 79.1 Å². The van der Waals surface area contributed by atoms with Crippen molar-refractivity contribution in [3.63, 3.8) is 0 Å². The number of ketones is 1. The molecule has 36 heavy (non-hydrogen) atoms. The first-order chi connectivity index (χ1) is 17.1. The van der Waals surface area contributed by atoms with Crippen molar-refractivity contribution in [2.24, 2.45) is 46.3 Å². The van der Waals surface area contributed by atoms with Crippen LogP contribution >= 0.6 is 0 Å². The summed E-state index contributed by atoms with van der Waals surface area (Å²) in [4.78, 5) is 14.0. The summed E-state index contributed by atoms with van der Waals surface area (Å²) in [5.74, 6) is 4.25. The molecule has 6 nitrogen and oxygen atoms in total. The second-order valence-corrected chi connectivity index (χ2v) is 13.7. The van der Waals surface area contributed by atoms with Gasteiger partial charge in [0.1, 0.15) is 17.8 Å². The summed E-state index contributed by atoms with van der Waals surface area (Å²) in [6.07, 6.45) is 9.08. The van der Waals surface area contributed by atoms with Gasteiger partial charge in [0.25, 0.3) is 0 Å². The molecule has 0 saturated heterocycles. The number of hydrogen-bond donors (Lipinski definition) is 1. The molecule has 6 heteroatoms. The number of methoxy groups -OCH3 is 1. The summed E-state index contributed by atoms with van der Waals surface area (Å²) < 4.78 is 7.17. The highest BCUT2D eigenvalue weighted by atomic mass is 16.5. The van der Waals surface area contributed by atoms with E-state index in [9.17, 15) is 9.90 Å². The fraction of sp³-hybridized carbons (Fsp3) is 0.767. The highest BCUT2D eigenvalue weighted by molar-refractivity contribution is 5.84. The Morgan fingerprint density at radius 3 is 2.69 bits per heavy atom. The Labute approximate surface area is 215 Å².